The predicted molar refractivity (Wildman–Crippen MR) is 133 cm³/mol. The molecule has 1 saturated heterocycles. The molecule has 7 heteroatoms. The Hall–Kier alpha value is -2.83. The lowest BCUT2D eigenvalue weighted by Gasteiger charge is -2.25. The Morgan fingerprint density at radius 1 is 1.12 bits per heavy atom. The lowest BCUT2D eigenvalue weighted by molar-refractivity contribution is -0.140. The van der Waals surface area contributed by atoms with Gasteiger partial charge in [0.2, 0.25) is 0 Å². The van der Waals surface area contributed by atoms with Crippen molar-refractivity contribution < 1.29 is 24.2 Å². The van der Waals surface area contributed by atoms with Crippen LogP contribution < -0.4 is 4.74 Å². The van der Waals surface area contributed by atoms with Crippen LogP contribution in [0.5, 0.6) is 5.75 Å². The first-order valence-corrected chi connectivity index (χ1v) is 12.1. The molecule has 1 N–H and O–H groups in total. The van der Waals surface area contributed by atoms with Crippen LogP contribution in [0.4, 0.5) is 0 Å². The molecule has 1 aliphatic rings. The molecular weight excluding hydrogens is 454 g/mol. The Morgan fingerprint density at radius 3 is 2.41 bits per heavy atom. The van der Waals surface area contributed by atoms with Crippen LogP contribution in [0.15, 0.2) is 48.0 Å². The maximum absolute atomic E-state index is 13.1. The lowest BCUT2D eigenvalue weighted by Crippen LogP contribution is -2.31. The molecule has 0 bridgehead atoms. The minimum Gasteiger partial charge on any atom is -0.507 e. The van der Waals surface area contributed by atoms with Crippen molar-refractivity contribution in [1.29, 1.82) is 0 Å². The highest BCUT2D eigenvalue weighted by Crippen LogP contribution is 2.40. The van der Waals surface area contributed by atoms with E-state index < -0.39 is 17.7 Å². The van der Waals surface area contributed by atoms with Gasteiger partial charge in [-0.3, -0.25) is 9.59 Å². The van der Waals surface area contributed by atoms with Crippen LogP contribution in [0.1, 0.15) is 56.8 Å². The zero-order chi connectivity index (χ0) is 24.8. The van der Waals surface area contributed by atoms with Crippen LogP contribution >= 0.6 is 11.6 Å². The summed E-state index contributed by atoms with van der Waals surface area (Å²) >= 11 is 6.31. The smallest absolute Gasteiger partial charge is 0.295 e. The van der Waals surface area contributed by atoms with Crippen molar-refractivity contribution in [2.45, 2.75) is 52.7 Å². The Balaban J connectivity index is 2.04. The molecule has 0 spiro atoms. The SMILES string of the molecule is CCOc1ccc(/C(O)=C2/C(=O)C(=O)N(CCCOC(C)C)C2c2ccc(CC)cc2)cc1Cl. The van der Waals surface area contributed by atoms with Crippen LogP contribution in [0.25, 0.3) is 5.76 Å². The van der Waals surface area contributed by atoms with Gasteiger partial charge in [-0.2, -0.15) is 0 Å². The fourth-order valence-electron chi connectivity index (χ4n) is 4.02. The fourth-order valence-corrected chi connectivity index (χ4v) is 4.26. The first kappa shape index (κ1) is 25.8. The van der Waals surface area contributed by atoms with Gasteiger partial charge in [-0.15, -0.1) is 0 Å². The van der Waals surface area contributed by atoms with Gasteiger partial charge < -0.3 is 19.5 Å². The second-order valence-electron chi connectivity index (χ2n) is 8.44. The number of likely N-dealkylation sites (tertiary alicyclic amines) is 1. The summed E-state index contributed by atoms with van der Waals surface area (Å²) in [6, 6.07) is 11.9. The molecule has 1 heterocycles. The second kappa shape index (κ2) is 11.5. The third-order valence-corrected chi connectivity index (χ3v) is 6.04. The number of ether oxygens (including phenoxy) is 2. The first-order valence-electron chi connectivity index (χ1n) is 11.7. The van der Waals surface area contributed by atoms with Gasteiger partial charge in [0, 0.05) is 18.7 Å². The van der Waals surface area contributed by atoms with Gasteiger partial charge in [-0.1, -0.05) is 42.8 Å². The zero-order valence-electron chi connectivity index (χ0n) is 20.1. The molecule has 0 saturated carbocycles. The molecule has 182 valence electrons. The maximum Gasteiger partial charge on any atom is 0.295 e. The molecule has 1 fully saturated rings. The molecule has 6 nitrogen and oxygen atoms in total. The second-order valence-corrected chi connectivity index (χ2v) is 8.85. The van der Waals surface area contributed by atoms with E-state index in [2.05, 4.69) is 6.92 Å². The first-order chi connectivity index (χ1) is 16.3. The fraction of sp³-hybridized carbons (Fsp3) is 0.407. The number of nitrogens with zero attached hydrogens (tertiary/aromatic N) is 1. The third kappa shape index (κ3) is 5.62. The molecule has 2 aromatic carbocycles. The number of aliphatic hydroxyl groups is 1. The van der Waals surface area contributed by atoms with Crippen molar-refractivity contribution in [1.82, 2.24) is 4.90 Å². The van der Waals surface area contributed by atoms with Gasteiger partial charge in [0.25, 0.3) is 11.7 Å². The number of rotatable bonds is 10. The van der Waals surface area contributed by atoms with Crippen molar-refractivity contribution in [3.8, 4) is 5.75 Å². The van der Waals surface area contributed by atoms with E-state index >= 15 is 0 Å². The molecule has 1 amide bonds. The van der Waals surface area contributed by atoms with Crippen LogP contribution in [-0.2, 0) is 20.7 Å². The van der Waals surface area contributed by atoms with Gasteiger partial charge in [-0.05, 0) is 62.9 Å². The van der Waals surface area contributed by atoms with E-state index in [0.29, 0.717) is 42.5 Å². The maximum atomic E-state index is 13.1. The number of hydrogen-bond donors (Lipinski definition) is 1. The summed E-state index contributed by atoms with van der Waals surface area (Å²) in [5, 5.41) is 11.5. The number of hydrogen-bond acceptors (Lipinski definition) is 5. The number of aliphatic hydroxyl groups excluding tert-OH is 1. The van der Waals surface area contributed by atoms with Crippen LogP contribution in [-0.4, -0.2) is 47.6 Å². The number of aryl methyl sites for hydroxylation is 1. The summed E-state index contributed by atoms with van der Waals surface area (Å²) in [6.45, 7) is 9.06. The normalized spacial score (nSPS) is 17.6. The van der Waals surface area contributed by atoms with Crippen molar-refractivity contribution in [3.05, 3.63) is 69.8 Å². The molecule has 0 aromatic heterocycles. The molecular formula is C27H32ClNO5. The molecule has 3 rings (SSSR count). The monoisotopic (exact) mass is 485 g/mol. The van der Waals surface area contributed by atoms with E-state index in [9.17, 15) is 14.7 Å². The Morgan fingerprint density at radius 2 is 1.82 bits per heavy atom. The minimum atomic E-state index is -0.711. The number of carbonyl (C=O) groups is 2. The van der Waals surface area contributed by atoms with Gasteiger partial charge in [0.1, 0.15) is 11.5 Å². The van der Waals surface area contributed by atoms with Crippen LogP contribution in [0, 0.1) is 0 Å². The van der Waals surface area contributed by atoms with E-state index in [1.54, 1.807) is 18.2 Å². The summed E-state index contributed by atoms with van der Waals surface area (Å²) in [4.78, 5) is 27.7. The summed E-state index contributed by atoms with van der Waals surface area (Å²) in [5.41, 5.74) is 2.31. The molecule has 1 atom stereocenters. The van der Waals surface area contributed by atoms with Gasteiger partial charge in [0.15, 0.2) is 0 Å². The van der Waals surface area contributed by atoms with Crippen molar-refractivity contribution in [2.75, 3.05) is 19.8 Å². The van der Waals surface area contributed by atoms with E-state index in [1.165, 1.54) is 4.90 Å². The number of amides is 1. The minimum absolute atomic E-state index is 0.0549. The molecule has 1 unspecified atom stereocenters. The number of Topliss-reactive ketones (excluding diaryl/α,β-unsaturated/α-hetero) is 1. The Labute approximate surface area is 206 Å². The van der Waals surface area contributed by atoms with Gasteiger partial charge >= 0.3 is 0 Å². The van der Waals surface area contributed by atoms with Crippen molar-refractivity contribution >= 4 is 29.1 Å². The molecule has 34 heavy (non-hydrogen) atoms. The highest BCUT2D eigenvalue weighted by Gasteiger charge is 2.45. The average molecular weight is 486 g/mol. The quantitative estimate of drug-likeness (QED) is 0.207. The predicted octanol–water partition coefficient (Wildman–Crippen LogP) is 5.54. The van der Waals surface area contributed by atoms with Crippen LogP contribution in [0.3, 0.4) is 0 Å². The Kier molecular flexibility index (Phi) is 8.75. The zero-order valence-corrected chi connectivity index (χ0v) is 20.9. The topological polar surface area (TPSA) is 76.1 Å². The standard InChI is InChI=1S/C27H32ClNO5/c1-5-18-8-10-19(11-9-18)24-23(25(30)20-12-13-22(33-6-2)21(28)16-20)26(31)27(32)29(24)14-7-15-34-17(3)4/h8-13,16-17,24,30H,5-7,14-15H2,1-4H3/b25-23-. The van der Waals surface area contributed by atoms with Gasteiger partial charge in [0.05, 0.1) is 29.3 Å². The highest BCUT2D eigenvalue weighted by molar-refractivity contribution is 6.46. The van der Waals surface area contributed by atoms with E-state index in [0.717, 1.165) is 17.5 Å². The molecule has 0 radical (unpaired) electrons. The summed E-state index contributed by atoms with van der Waals surface area (Å²) in [7, 11) is 0. The third-order valence-electron chi connectivity index (χ3n) is 5.74. The van der Waals surface area contributed by atoms with E-state index in [1.807, 2.05) is 45.0 Å². The van der Waals surface area contributed by atoms with Crippen LogP contribution in [0.2, 0.25) is 5.02 Å². The van der Waals surface area contributed by atoms with Crippen molar-refractivity contribution in [3.63, 3.8) is 0 Å². The summed E-state index contributed by atoms with van der Waals surface area (Å²) < 4.78 is 11.1. The number of ketones is 1. The van der Waals surface area contributed by atoms with Gasteiger partial charge in [-0.25, -0.2) is 0 Å². The van der Waals surface area contributed by atoms with E-state index in [4.69, 9.17) is 21.1 Å². The number of halogens is 1. The number of carbonyl (C=O) groups excluding carboxylic acids is 2. The lowest BCUT2D eigenvalue weighted by atomic mass is 9.94. The highest BCUT2D eigenvalue weighted by atomic mass is 35.5. The Bertz CT molecular complexity index is 1060. The average Bonchev–Trinajstić information content (AvgIpc) is 3.07. The summed E-state index contributed by atoms with van der Waals surface area (Å²) in [5.74, 6) is -1.11. The molecule has 1 aliphatic heterocycles. The molecule has 2 aromatic rings. The largest absolute Gasteiger partial charge is 0.507 e. The molecule has 0 aliphatic carbocycles. The van der Waals surface area contributed by atoms with Crippen molar-refractivity contribution in [2.24, 2.45) is 0 Å². The summed E-state index contributed by atoms with van der Waals surface area (Å²) in [6.07, 6.45) is 1.53. The van der Waals surface area contributed by atoms with E-state index in [-0.39, 0.29) is 17.4 Å². The number of benzene rings is 2.